The van der Waals surface area contributed by atoms with Gasteiger partial charge >= 0.3 is 12.2 Å². The second-order valence-corrected chi connectivity index (χ2v) is 18.5. The highest BCUT2D eigenvalue weighted by Crippen LogP contribution is 2.42. The minimum absolute atomic E-state index is 0.0441. The van der Waals surface area contributed by atoms with Gasteiger partial charge in [0.15, 0.2) is 0 Å². The molecule has 15 heteroatoms. The van der Waals surface area contributed by atoms with Crippen LogP contribution in [0.1, 0.15) is 92.0 Å². The first-order valence-electron chi connectivity index (χ1n) is 22.3. The Morgan fingerprint density at radius 1 is 0.594 bits per heavy atom. The van der Waals surface area contributed by atoms with Gasteiger partial charge in [-0.05, 0) is 104 Å². The largest absolute Gasteiger partial charge is 0.453 e. The van der Waals surface area contributed by atoms with E-state index in [1.54, 1.807) is 0 Å². The number of H-pyrrole nitrogens is 2. The van der Waals surface area contributed by atoms with E-state index < -0.39 is 24.3 Å². The lowest BCUT2D eigenvalue weighted by Gasteiger charge is -2.33. The van der Waals surface area contributed by atoms with Gasteiger partial charge in [-0.1, -0.05) is 65.8 Å². The highest BCUT2D eigenvalue weighted by molar-refractivity contribution is 5.91. The molecule has 0 spiro atoms. The zero-order valence-electron chi connectivity index (χ0n) is 38.2. The van der Waals surface area contributed by atoms with E-state index in [4.69, 9.17) is 24.4 Å². The van der Waals surface area contributed by atoms with Gasteiger partial charge in [0.1, 0.15) is 23.7 Å². The minimum Gasteiger partial charge on any atom is -0.453 e. The molecule has 0 aliphatic carbocycles. The number of ether oxygens (including phenoxy) is 2. The van der Waals surface area contributed by atoms with Crippen LogP contribution in [0.5, 0.6) is 0 Å². The number of alkyl carbamates (subject to hydrolysis) is 2. The van der Waals surface area contributed by atoms with Crippen LogP contribution in [-0.2, 0) is 19.1 Å². The lowest BCUT2D eigenvalue weighted by molar-refractivity contribution is -0.138. The Hall–Kier alpha value is -6.51. The molecule has 6 aromatic rings. The number of rotatable bonds is 10. The number of hydrogen-bond donors (Lipinski definition) is 4. The number of pyridine rings is 1. The van der Waals surface area contributed by atoms with Crippen molar-refractivity contribution in [3.05, 3.63) is 78.4 Å². The van der Waals surface area contributed by atoms with Crippen molar-refractivity contribution in [1.29, 1.82) is 0 Å². The molecule has 2 aliphatic heterocycles. The average Bonchev–Trinajstić information content (AvgIpc) is 4.05. The first-order valence-corrected chi connectivity index (χ1v) is 22.3. The van der Waals surface area contributed by atoms with Crippen LogP contribution < -0.4 is 10.6 Å². The Kier molecular flexibility index (Phi) is 12.1. The van der Waals surface area contributed by atoms with Crippen LogP contribution in [-0.4, -0.2) is 97.1 Å². The van der Waals surface area contributed by atoms with E-state index in [2.05, 4.69) is 84.7 Å². The predicted octanol–water partition coefficient (Wildman–Crippen LogP) is 8.68. The molecule has 336 valence electrons. The lowest BCUT2D eigenvalue weighted by atomic mass is 10.0. The number of nitrogens with one attached hydrogen (secondary N) is 4. The van der Waals surface area contributed by atoms with E-state index >= 15 is 0 Å². The van der Waals surface area contributed by atoms with E-state index in [1.807, 2.05) is 67.8 Å². The summed E-state index contributed by atoms with van der Waals surface area (Å²) in [6.45, 7) is 16.0. The van der Waals surface area contributed by atoms with Crippen molar-refractivity contribution in [2.75, 3.05) is 14.2 Å². The van der Waals surface area contributed by atoms with E-state index in [0.717, 1.165) is 74.0 Å². The van der Waals surface area contributed by atoms with E-state index in [9.17, 15) is 19.2 Å². The van der Waals surface area contributed by atoms with Gasteiger partial charge in [-0.2, -0.15) is 0 Å². The molecule has 0 bridgehead atoms. The van der Waals surface area contributed by atoms with Crippen LogP contribution in [0, 0.1) is 23.7 Å². The highest BCUT2D eigenvalue weighted by atomic mass is 16.5. The van der Waals surface area contributed by atoms with E-state index in [-0.39, 0.29) is 59.7 Å². The van der Waals surface area contributed by atoms with Crippen molar-refractivity contribution in [3.8, 4) is 22.4 Å². The normalized spacial score (nSPS) is 22.1. The maximum atomic E-state index is 14.0. The fraction of sp³-hybridized carbons (Fsp3) is 0.449. The van der Waals surface area contributed by atoms with Gasteiger partial charge < -0.3 is 39.9 Å². The second-order valence-electron chi connectivity index (χ2n) is 18.5. The third kappa shape index (κ3) is 8.23. The fourth-order valence-corrected chi connectivity index (χ4v) is 9.54. The summed E-state index contributed by atoms with van der Waals surface area (Å²) in [7, 11) is 2.59. The summed E-state index contributed by atoms with van der Waals surface area (Å²) in [6.07, 6.45) is 0.225. The molecule has 8 rings (SSSR count). The maximum absolute atomic E-state index is 14.0. The number of fused-ring (bicyclic) bond motifs is 3. The van der Waals surface area contributed by atoms with Crippen molar-refractivity contribution in [3.63, 3.8) is 0 Å². The molecule has 0 radical (unpaired) electrons. The van der Waals surface area contributed by atoms with Gasteiger partial charge in [0.05, 0.1) is 59.6 Å². The van der Waals surface area contributed by atoms with Gasteiger partial charge in [-0.3, -0.25) is 9.59 Å². The Bertz CT molecular complexity index is 2560. The van der Waals surface area contributed by atoms with Crippen LogP contribution in [0.3, 0.4) is 0 Å². The predicted molar refractivity (Wildman–Crippen MR) is 246 cm³/mol. The second kappa shape index (κ2) is 17.6. The smallest absolute Gasteiger partial charge is 0.407 e. The molecule has 5 heterocycles. The van der Waals surface area contributed by atoms with E-state index in [1.165, 1.54) is 14.2 Å². The molecule has 15 nitrogen and oxygen atoms in total. The molecule has 0 saturated carbocycles. The lowest BCUT2D eigenvalue weighted by Crippen LogP contribution is -2.53. The summed E-state index contributed by atoms with van der Waals surface area (Å²) in [6, 6.07) is 20.5. The molecule has 8 atom stereocenters. The number of aromatic amines is 2. The van der Waals surface area contributed by atoms with Crippen molar-refractivity contribution in [1.82, 2.24) is 45.4 Å². The maximum Gasteiger partial charge on any atom is 0.407 e. The standard InChI is InChI=1S/C49H59N9O6/c1-24(2)42(55-48(61)63-9)46(59)57-28(7)26(5)19-40(57)44-51-36-17-12-31(22-38(36)53-44)30-11-15-34-32(21-30)13-16-35(50-34)33-14-18-37-39(23-33)54-45(52-37)41-20-27(6)29(8)58(41)47(60)43(25(3)4)56-49(62)64-10/h11-18,21-29,40-43H,19-20H2,1-10H3,(H,51,53)(H,52,54)(H,55,61)(H,56,62)/t26-,27-,28-,29-,40+,41+,42+,43+/m1/s1. The highest BCUT2D eigenvalue weighted by Gasteiger charge is 2.46. The molecule has 2 fully saturated rings. The quantitative estimate of drug-likeness (QED) is 0.104. The van der Waals surface area contributed by atoms with Crippen molar-refractivity contribution in [2.45, 2.75) is 104 Å². The fourth-order valence-electron chi connectivity index (χ4n) is 9.54. The third-order valence-electron chi connectivity index (χ3n) is 13.6. The number of carbonyl (C=O) groups is 4. The topological polar surface area (TPSA) is 188 Å². The monoisotopic (exact) mass is 869 g/mol. The van der Waals surface area contributed by atoms with Crippen LogP contribution in [0.4, 0.5) is 9.59 Å². The zero-order chi connectivity index (χ0) is 45.7. The van der Waals surface area contributed by atoms with Crippen molar-refractivity contribution >= 4 is 57.0 Å². The summed E-state index contributed by atoms with van der Waals surface area (Å²) in [4.78, 5) is 78.2. The Morgan fingerprint density at radius 2 is 1.03 bits per heavy atom. The molecule has 2 saturated heterocycles. The minimum atomic E-state index is -0.730. The number of imidazole rings is 2. The number of carbonyl (C=O) groups excluding carboxylic acids is 4. The van der Waals surface area contributed by atoms with Crippen molar-refractivity contribution in [2.24, 2.45) is 23.7 Å². The summed E-state index contributed by atoms with van der Waals surface area (Å²) in [5.41, 5.74) is 7.99. The summed E-state index contributed by atoms with van der Waals surface area (Å²) < 4.78 is 9.66. The number of hydrogen-bond acceptors (Lipinski definition) is 9. The first-order chi connectivity index (χ1) is 30.6. The average molecular weight is 870 g/mol. The van der Waals surface area contributed by atoms with Crippen LogP contribution >= 0.6 is 0 Å². The number of nitrogens with zero attached hydrogens (tertiary/aromatic N) is 5. The van der Waals surface area contributed by atoms with Gasteiger partial charge in [-0.25, -0.2) is 24.5 Å². The van der Waals surface area contributed by atoms with Crippen molar-refractivity contribution < 1.29 is 28.7 Å². The SMILES string of the molecule is COC(=O)N[C@H](C(=O)N1[C@H](C)[C@H](C)C[C@H]1c1nc2ccc(-c3ccc4nc(-c5ccc6nc([C@@H]7C[C@@H](C)[C@@H](C)N7C(=O)[C@@H](NC(=O)OC)C(C)C)[nH]c6c5)ccc4c3)cc2[nH]1)C(C)C. The molecule has 64 heavy (non-hydrogen) atoms. The third-order valence-corrected chi connectivity index (χ3v) is 13.6. The molecular weight excluding hydrogens is 811 g/mol. The van der Waals surface area contributed by atoms with Gasteiger partial charge in [0, 0.05) is 23.0 Å². The zero-order valence-corrected chi connectivity index (χ0v) is 38.2. The molecule has 2 aliphatic rings. The summed E-state index contributed by atoms with van der Waals surface area (Å²) >= 11 is 0. The van der Waals surface area contributed by atoms with Gasteiger partial charge in [0.2, 0.25) is 11.8 Å². The van der Waals surface area contributed by atoms with Crippen LogP contribution in [0.25, 0.3) is 55.4 Å². The molecule has 4 amide bonds. The molecule has 0 unspecified atom stereocenters. The van der Waals surface area contributed by atoms with Crippen LogP contribution in [0.2, 0.25) is 0 Å². The Morgan fingerprint density at radius 3 is 1.50 bits per heavy atom. The molecule has 4 N–H and O–H groups in total. The number of amides is 4. The first kappa shape index (κ1) is 44.1. The number of likely N-dealkylation sites (tertiary alicyclic amines) is 2. The molecule has 3 aromatic heterocycles. The van der Waals surface area contributed by atoms with Gasteiger partial charge in [0.25, 0.3) is 0 Å². The van der Waals surface area contributed by atoms with E-state index in [0.29, 0.717) is 5.82 Å². The molecule has 3 aromatic carbocycles. The molecular formula is C49H59N9O6. The number of benzene rings is 3. The van der Waals surface area contributed by atoms with Gasteiger partial charge in [-0.15, -0.1) is 0 Å². The van der Waals surface area contributed by atoms with Crippen LogP contribution in [0.15, 0.2) is 66.7 Å². The number of aromatic nitrogens is 5. The summed E-state index contributed by atoms with van der Waals surface area (Å²) in [5, 5.41) is 6.49. The Balaban J connectivity index is 1.02. The Labute approximate surface area is 373 Å². The summed E-state index contributed by atoms with van der Waals surface area (Å²) in [5.74, 6) is 1.33. The number of methoxy groups -OCH3 is 2.